The van der Waals surface area contributed by atoms with Crippen molar-refractivity contribution in [2.75, 3.05) is 20.1 Å². The van der Waals surface area contributed by atoms with Crippen LogP contribution in [0.15, 0.2) is 18.2 Å². The molecule has 0 saturated carbocycles. The molecule has 1 aliphatic heterocycles. The summed E-state index contributed by atoms with van der Waals surface area (Å²) in [6.45, 7) is 1.66. The highest BCUT2D eigenvalue weighted by Crippen LogP contribution is 2.38. The van der Waals surface area contributed by atoms with Gasteiger partial charge in [-0.25, -0.2) is 4.39 Å². The van der Waals surface area contributed by atoms with Crippen molar-refractivity contribution >= 4 is 11.6 Å². The predicted octanol–water partition coefficient (Wildman–Crippen LogP) is 2.43. The standard InChI is InChI=1S/C12H16ClFN2/c1-16-5-4-8(7-15)12(16)10-3-2-9(14)6-11(10)13/h2-3,6,8,12H,4-5,7,15H2,1H3. The zero-order valence-electron chi connectivity index (χ0n) is 9.29. The van der Waals surface area contributed by atoms with E-state index in [2.05, 4.69) is 11.9 Å². The van der Waals surface area contributed by atoms with E-state index in [-0.39, 0.29) is 11.9 Å². The van der Waals surface area contributed by atoms with Gasteiger partial charge in [0.2, 0.25) is 0 Å². The SMILES string of the molecule is CN1CCC(CN)C1c1ccc(F)cc1Cl. The number of nitrogens with zero attached hydrogens (tertiary/aromatic N) is 1. The van der Waals surface area contributed by atoms with Gasteiger partial charge in [-0.3, -0.25) is 4.90 Å². The third kappa shape index (κ3) is 2.08. The minimum Gasteiger partial charge on any atom is -0.330 e. The van der Waals surface area contributed by atoms with Gasteiger partial charge in [-0.2, -0.15) is 0 Å². The number of likely N-dealkylation sites (tertiary alicyclic amines) is 1. The smallest absolute Gasteiger partial charge is 0.124 e. The average Bonchev–Trinajstić information content (AvgIpc) is 2.60. The van der Waals surface area contributed by atoms with Crippen LogP contribution in [0.5, 0.6) is 0 Å². The zero-order chi connectivity index (χ0) is 11.7. The molecule has 0 aromatic heterocycles. The van der Waals surface area contributed by atoms with E-state index >= 15 is 0 Å². The van der Waals surface area contributed by atoms with Gasteiger partial charge in [-0.15, -0.1) is 0 Å². The molecule has 1 aliphatic rings. The molecule has 2 atom stereocenters. The molecule has 0 spiro atoms. The van der Waals surface area contributed by atoms with E-state index in [1.807, 2.05) is 0 Å². The first-order valence-corrected chi connectivity index (χ1v) is 5.86. The van der Waals surface area contributed by atoms with Gasteiger partial charge in [0.25, 0.3) is 0 Å². The van der Waals surface area contributed by atoms with Crippen molar-refractivity contribution in [1.82, 2.24) is 4.90 Å². The van der Waals surface area contributed by atoms with Crippen molar-refractivity contribution in [3.63, 3.8) is 0 Å². The second-order valence-corrected chi connectivity index (χ2v) is 4.78. The fourth-order valence-corrected chi connectivity index (χ4v) is 2.78. The summed E-state index contributed by atoms with van der Waals surface area (Å²) in [7, 11) is 2.06. The summed E-state index contributed by atoms with van der Waals surface area (Å²) in [4.78, 5) is 2.23. The topological polar surface area (TPSA) is 29.3 Å². The number of hydrogen-bond donors (Lipinski definition) is 1. The lowest BCUT2D eigenvalue weighted by atomic mass is 9.94. The van der Waals surface area contributed by atoms with E-state index in [0.29, 0.717) is 17.5 Å². The van der Waals surface area contributed by atoms with Crippen molar-refractivity contribution < 1.29 is 4.39 Å². The molecule has 0 amide bonds. The molecule has 16 heavy (non-hydrogen) atoms. The Morgan fingerprint density at radius 2 is 2.31 bits per heavy atom. The van der Waals surface area contributed by atoms with Crippen LogP contribution in [0.25, 0.3) is 0 Å². The largest absolute Gasteiger partial charge is 0.330 e. The molecule has 4 heteroatoms. The monoisotopic (exact) mass is 242 g/mol. The normalized spacial score (nSPS) is 26.2. The van der Waals surface area contributed by atoms with Gasteiger partial charge in [0.15, 0.2) is 0 Å². The summed E-state index contributed by atoms with van der Waals surface area (Å²) in [6, 6.07) is 4.82. The lowest BCUT2D eigenvalue weighted by molar-refractivity contribution is 0.279. The summed E-state index contributed by atoms with van der Waals surface area (Å²) in [5.41, 5.74) is 6.74. The van der Waals surface area contributed by atoms with Crippen LogP contribution in [0.4, 0.5) is 4.39 Å². The van der Waals surface area contributed by atoms with E-state index in [1.165, 1.54) is 12.1 Å². The molecule has 1 saturated heterocycles. The highest BCUT2D eigenvalue weighted by atomic mass is 35.5. The molecule has 0 radical (unpaired) electrons. The van der Waals surface area contributed by atoms with E-state index in [9.17, 15) is 4.39 Å². The van der Waals surface area contributed by atoms with Crippen molar-refractivity contribution in [3.05, 3.63) is 34.6 Å². The molecule has 1 heterocycles. The van der Waals surface area contributed by atoms with E-state index in [4.69, 9.17) is 17.3 Å². The predicted molar refractivity (Wildman–Crippen MR) is 63.9 cm³/mol. The van der Waals surface area contributed by atoms with Crippen LogP contribution in [-0.2, 0) is 0 Å². The molecule has 2 nitrogen and oxygen atoms in total. The Balaban J connectivity index is 2.34. The molecular weight excluding hydrogens is 227 g/mol. The lowest BCUT2D eigenvalue weighted by Gasteiger charge is -2.25. The maximum absolute atomic E-state index is 13.0. The Morgan fingerprint density at radius 3 is 2.94 bits per heavy atom. The quantitative estimate of drug-likeness (QED) is 0.863. The molecule has 0 bridgehead atoms. The maximum atomic E-state index is 13.0. The number of hydrogen-bond acceptors (Lipinski definition) is 2. The number of halogens is 2. The Morgan fingerprint density at radius 1 is 1.56 bits per heavy atom. The summed E-state index contributed by atoms with van der Waals surface area (Å²) < 4.78 is 13.0. The number of nitrogens with two attached hydrogens (primary N) is 1. The van der Waals surface area contributed by atoms with Crippen molar-refractivity contribution in [2.24, 2.45) is 11.7 Å². The molecule has 2 rings (SSSR count). The van der Waals surface area contributed by atoms with Gasteiger partial charge in [0, 0.05) is 11.1 Å². The average molecular weight is 243 g/mol. The first-order chi connectivity index (χ1) is 7.63. The first-order valence-electron chi connectivity index (χ1n) is 5.48. The van der Waals surface area contributed by atoms with Crippen LogP contribution in [0, 0.1) is 11.7 Å². The Hall–Kier alpha value is -0.640. The van der Waals surface area contributed by atoms with Gasteiger partial charge in [0.05, 0.1) is 0 Å². The lowest BCUT2D eigenvalue weighted by Crippen LogP contribution is -2.25. The molecule has 2 N–H and O–H groups in total. The molecular formula is C12H16ClFN2. The van der Waals surface area contributed by atoms with Crippen LogP contribution < -0.4 is 5.73 Å². The van der Waals surface area contributed by atoms with Gasteiger partial charge in [-0.1, -0.05) is 17.7 Å². The highest BCUT2D eigenvalue weighted by molar-refractivity contribution is 6.31. The van der Waals surface area contributed by atoms with Crippen LogP contribution >= 0.6 is 11.6 Å². The van der Waals surface area contributed by atoms with Gasteiger partial charge in [0.1, 0.15) is 5.82 Å². The maximum Gasteiger partial charge on any atom is 0.124 e. The fourth-order valence-electron chi connectivity index (χ4n) is 2.51. The Bertz CT molecular complexity index is 383. The molecule has 0 aliphatic carbocycles. The third-order valence-corrected chi connectivity index (χ3v) is 3.69. The van der Waals surface area contributed by atoms with E-state index in [1.54, 1.807) is 6.07 Å². The van der Waals surface area contributed by atoms with Crippen molar-refractivity contribution in [1.29, 1.82) is 0 Å². The summed E-state index contributed by atoms with van der Waals surface area (Å²) >= 11 is 6.09. The van der Waals surface area contributed by atoms with Gasteiger partial charge < -0.3 is 5.73 Å². The van der Waals surface area contributed by atoms with Gasteiger partial charge >= 0.3 is 0 Å². The van der Waals surface area contributed by atoms with Crippen molar-refractivity contribution in [3.8, 4) is 0 Å². The summed E-state index contributed by atoms with van der Waals surface area (Å²) in [5, 5.41) is 0.497. The van der Waals surface area contributed by atoms with Crippen LogP contribution in [0.2, 0.25) is 5.02 Å². The highest BCUT2D eigenvalue weighted by Gasteiger charge is 2.33. The third-order valence-electron chi connectivity index (χ3n) is 3.36. The van der Waals surface area contributed by atoms with Crippen molar-refractivity contribution in [2.45, 2.75) is 12.5 Å². The molecule has 1 fully saturated rings. The molecule has 1 aromatic carbocycles. The van der Waals surface area contributed by atoms with Gasteiger partial charge in [-0.05, 0) is 50.2 Å². The molecule has 88 valence electrons. The minimum absolute atomic E-state index is 0.220. The summed E-state index contributed by atoms with van der Waals surface area (Å²) in [5.74, 6) is 0.117. The molecule has 2 unspecified atom stereocenters. The Labute approximate surface area is 100 Å². The first kappa shape index (κ1) is 11.8. The molecule has 1 aromatic rings. The Kier molecular flexibility index (Phi) is 3.47. The van der Waals surface area contributed by atoms with E-state index < -0.39 is 0 Å². The minimum atomic E-state index is -0.293. The van der Waals surface area contributed by atoms with E-state index in [0.717, 1.165) is 18.5 Å². The van der Waals surface area contributed by atoms with Crippen LogP contribution in [0.1, 0.15) is 18.0 Å². The second-order valence-electron chi connectivity index (χ2n) is 4.38. The number of benzene rings is 1. The fraction of sp³-hybridized carbons (Fsp3) is 0.500. The second kappa shape index (κ2) is 4.70. The number of rotatable bonds is 2. The zero-order valence-corrected chi connectivity index (χ0v) is 10.0. The van der Waals surface area contributed by atoms with Crippen LogP contribution in [0.3, 0.4) is 0 Å². The summed E-state index contributed by atoms with van der Waals surface area (Å²) in [6.07, 6.45) is 1.07. The van der Waals surface area contributed by atoms with Crippen LogP contribution in [-0.4, -0.2) is 25.0 Å².